The lowest BCUT2D eigenvalue weighted by Crippen LogP contribution is -2.33. The van der Waals surface area contributed by atoms with Crippen LogP contribution >= 0.6 is 11.3 Å². The minimum atomic E-state index is 0.479. The van der Waals surface area contributed by atoms with Gasteiger partial charge >= 0.3 is 0 Å². The molecule has 1 heterocycles. The number of aromatic nitrogens is 1. The Labute approximate surface area is 123 Å². The number of hydrogen-bond acceptors (Lipinski definition) is 3. The van der Waals surface area contributed by atoms with Crippen LogP contribution in [0.15, 0.2) is 40.7 Å². The molecule has 0 amide bonds. The molecular formula is C15H20N4S. The molecule has 0 fully saturated rings. The van der Waals surface area contributed by atoms with Gasteiger partial charge in [0.05, 0.1) is 17.2 Å². The lowest BCUT2D eigenvalue weighted by atomic mass is 10.1. The van der Waals surface area contributed by atoms with Crippen molar-refractivity contribution >= 4 is 17.3 Å². The zero-order valence-corrected chi connectivity index (χ0v) is 12.5. The van der Waals surface area contributed by atoms with Gasteiger partial charge in [-0.1, -0.05) is 37.3 Å². The maximum atomic E-state index is 5.84. The first-order valence-corrected chi connectivity index (χ1v) is 7.67. The summed E-state index contributed by atoms with van der Waals surface area (Å²) in [6, 6.07) is 10.3. The van der Waals surface area contributed by atoms with Gasteiger partial charge in [-0.05, 0) is 18.4 Å². The summed E-state index contributed by atoms with van der Waals surface area (Å²) in [6.45, 7) is 3.43. The van der Waals surface area contributed by atoms with Gasteiger partial charge in [-0.15, -0.1) is 11.3 Å². The number of thiazole rings is 1. The number of nitrogens with zero attached hydrogens (tertiary/aromatic N) is 2. The molecule has 1 aromatic heterocycles. The van der Waals surface area contributed by atoms with E-state index in [1.165, 1.54) is 5.56 Å². The highest BCUT2D eigenvalue weighted by molar-refractivity contribution is 7.09. The molecule has 0 atom stereocenters. The topological polar surface area (TPSA) is 63.3 Å². The van der Waals surface area contributed by atoms with Crippen LogP contribution in [-0.2, 0) is 19.4 Å². The van der Waals surface area contributed by atoms with Crippen LogP contribution in [0.5, 0.6) is 0 Å². The Kier molecular flexibility index (Phi) is 5.55. The van der Waals surface area contributed by atoms with Crippen molar-refractivity contribution in [3.8, 4) is 0 Å². The van der Waals surface area contributed by atoms with Gasteiger partial charge in [0.1, 0.15) is 0 Å². The van der Waals surface area contributed by atoms with Crippen LogP contribution in [0.3, 0.4) is 0 Å². The second kappa shape index (κ2) is 7.65. The molecule has 0 saturated carbocycles. The molecule has 0 saturated heterocycles. The van der Waals surface area contributed by atoms with E-state index in [1.807, 2.05) is 23.6 Å². The number of aryl methyl sites for hydroxylation is 1. The number of nitrogens with one attached hydrogen (secondary N) is 1. The fourth-order valence-electron chi connectivity index (χ4n) is 1.79. The quantitative estimate of drug-likeness (QED) is 0.633. The first kappa shape index (κ1) is 14.5. The Morgan fingerprint density at radius 3 is 2.85 bits per heavy atom. The smallest absolute Gasteiger partial charge is 0.188 e. The van der Waals surface area contributed by atoms with E-state index in [2.05, 4.69) is 34.3 Å². The van der Waals surface area contributed by atoms with Crippen molar-refractivity contribution in [1.82, 2.24) is 10.3 Å². The highest BCUT2D eigenvalue weighted by atomic mass is 32.1. The van der Waals surface area contributed by atoms with Crippen molar-refractivity contribution in [2.75, 3.05) is 6.54 Å². The minimum absolute atomic E-state index is 0.479. The Bertz CT molecular complexity index is 548. The minimum Gasteiger partial charge on any atom is -0.370 e. The van der Waals surface area contributed by atoms with Crippen LogP contribution in [0.4, 0.5) is 0 Å². The average Bonchev–Trinajstić information content (AvgIpc) is 2.94. The lowest BCUT2D eigenvalue weighted by Gasteiger charge is -2.05. The Balaban J connectivity index is 1.74. The number of nitrogens with two attached hydrogens (primary N) is 1. The van der Waals surface area contributed by atoms with E-state index < -0.39 is 0 Å². The number of benzene rings is 1. The van der Waals surface area contributed by atoms with Crippen molar-refractivity contribution in [2.45, 2.75) is 26.3 Å². The third kappa shape index (κ3) is 4.66. The molecule has 0 unspecified atom stereocenters. The largest absolute Gasteiger partial charge is 0.370 e. The summed E-state index contributed by atoms with van der Waals surface area (Å²) in [6.07, 6.45) is 1.91. The molecule has 0 aliphatic carbocycles. The summed E-state index contributed by atoms with van der Waals surface area (Å²) in [4.78, 5) is 8.76. The molecular weight excluding hydrogens is 268 g/mol. The van der Waals surface area contributed by atoms with Gasteiger partial charge in [0.25, 0.3) is 0 Å². The van der Waals surface area contributed by atoms with Gasteiger partial charge in [0.15, 0.2) is 5.96 Å². The molecule has 0 spiro atoms. The molecule has 1 aromatic carbocycles. The van der Waals surface area contributed by atoms with E-state index in [1.54, 1.807) is 11.3 Å². The molecule has 0 aliphatic heterocycles. The average molecular weight is 288 g/mol. The summed E-state index contributed by atoms with van der Waals surface area (Å²) < 4.78 is 0. The Morgan fingerprint density at radius 2 is 2.15 bits per heavy atom. The molecule has 2 aromatic rings. The number of guanidine groups is 1. The summed E-state index contributed by atoms with van der Waals surface area (Å²) >= 11 is 1.67. The predicted molar refractivity (Wildman–Crippen MR) is 85.0 cm³/mol. The fourth-order valence-corrected chi connectivity index (χ4v) is 2.52. The summed E-state index contributed by atoms with van der Waals surface area (Å²) in [7, 11) is 0. The summed E-state index contributed by atoms with van der Waals surface area (Å²) in [5.41, 5.74) is 8.12. The van der Waals surface area contributed by atoms with Crippen molar-refractivity contribution in [3.05, 3.63) is 52.0 Å². The highest BCUT2D eigenvalue weighted by Crippen LogP contribution is 2.10. The lowest BCUT2D eigenvalue weighted by molar-refractivity contribution is 0.844. The maximum absolute atomic E-state index is 5.84. The van der Waals surface area contributed by atoms with E-state index in [0.29, 0.717) is 12.5 Å². The van der Waals surface area contributed by atoms with Crippen LogP contribution in [0.1, 0.15) is 23.2 Å². The van der Waals surface area contributed by atoms with Gasteiger partial charge in [0.2, 0.25) is 0 Å². The Morgan fingerprint density at radius 1 is 1.35 bits per heavy atom. The predicted octanol–water partition coefficient (Wildman–Crippen LogP) is 2.35. The van der Waals surface area contributed by atoms with Gasteiger partial charge < -0.3 is 11.1 Å². The molecule has 4 nitrogen and oxygen atoms in total. The molecule has 20 heavy (non-hydrogen) atoms. The number of rotatable bonds is 6. The second-order valence-corrected chi connectivity index (χ2v) is 5.39. The molecule has 3 N–H and O–H groups in total. The molecule has 5 heteroatoms. The van der Waals surface area contributed by atoms with Gasteiger partial charge in [-0.3, -0.25) is 0 Å². The van der Waals surface area contributed by atoms with Gasteiger partial charge in [0, 0.05) is 11.9 Å². The van der Waals surface area contributed by atoms with Crippen LogP contribution in [0.25, 0.3) is 0 Å². The number of aliphatic imine (C=N–C) groups is 1. The highest BCUT2D eigenvalue weighted by Gasteiger charge is 1.99. The monoisotopic (exact) mass is 288 g/mol. The van der Waals surface area contributed by atoms with E-state index >= 15 is 0 Å². The van der Waals surface area contributed by atoms with Crippen LogP contribution < -0.4 is 11.1 Å². The zero-order valence-electron chi connectivity index (χ0n) is 11.7. The van der Waals surface area contributed by atoms with E-state index in [-0.39, 0.29) is 0 Å². The third-order valence-electron chi connectivity index (χ3n) is 2.88. The van der Waals surface area contributed by atoms with Crippen LogP contribution in [0.2, 0.25) is 0 Å². The van der Waals surface area contributed by atoms with Crippen molar-refractivity contribution in [2.24, 2.45) is 10.7 Å². The first-order chi connectivity index (χ1) is 9.78. The molecule has 0 bridgehead atoms. The summed E-state index contributed by atoms with van der Waals surface area (Å²) in [5, 5.41) is 6.31. The normalized spacial score (nSPS) is 11.6. The van der Waals surface area contributed by atoms with Crippen molar-refractivity contribution in [1.29, 1.82) is 0 Å². The molecule has 2 rings (SSSR count). The zero-order chi connectivity index (χ0) is 14.2. The fraction of sp³-hybridized carbons (Fsp3) is 0.333. The summed E-state index contributed by atoms with van der Waals surface area (Å²) in [5.74, 6) is 0.479. The van der Waals surface area contributed by atoms with E-state index in [4.69, 9.17) is 5.73 Å². The standard InChI is InChI=1S/C15H20N4S/c1-2-14-19-13(11-20-14)10-18-15(16)17-9-8-12-6-4-3-5-7-12/h3-7,11H,2,8-10H2,1H3,(H3,16,17,18). The molecule has 0 aliphatic rings. The van der Waals surface area contributed by atoms with Crippen molar-refractivity contribution in [3.63, 3.8) is 0 Å². The van der Waals surface area contributed by atoms with Gasteiger partial charge in [-0.2, -0.15) is 0 Å². The van der Waals surface area contributed by atoms with Gasteiger partial charge in [-0.25, -0.2) is 9.98 Å². The Hall–Kier alpha value is -1.88. The van der Waals surface area contributed by atoms with Crippen molar-refractivity contribution < 1.29 is 0 Å². The van der Waals surface area contributed by atoms with Crippen LogP contribution in [-0.4, -0.2) is 17.5 Å². The van der Waals surface area contributed by atoms with E-state index in [9.17, 15) is 0 Å². The van der Waals surface area contributed by atoms with Crippen LogP contribution in [0, 0.1) is 0 Å². The number of hydrogen-bond donors (Lipinski definition) is 2. The maximum Gasteiger partial charge on any atom is 0.188 e. The third-order valence-corrected chi connectivity index (χ3v) is 3.92. The molecule has 0 radical (unpaired) electrons. The second-order valence-electron chi connectivity index (χ2n) is 4.45. The SMILES string of the molecule is CCc1nc(CN=C(N)NCCc2ccccc2)cs1. The molecule has 106 valence electrons. The first-order valence-electron chi connectivity index (χ1n) is 6.79. The van der Waals surface area contributed by atoms with E-state index in [0.717, 1.165) is 30.1 Å².